The fourth-order valence-electron chi connectivity index (χ4n) is 2.58. The maximum atomic E-state index is 12.4. The summed E-state index contributed by atoms with van der Waals surface area (Å²) in [6.07, 6.45) is 1.80. The number of imidazole rings is 1. The van der Waals surface area contributed by atoms with Crippen molar-refractivity contribution in [3.8, 4) is 0 Å². The van der Waals surface area contributed by atoms with Crippen LogP contribution >= 0.6 is 0 Å². The summed E-state index contributed by atoms with van der Waals surface area (Å²) >= 11 is 0. The van der Waals surface area contributed by atoms with E-state index in [4.69, 9.17) is 0 Å². The van der Waals surface area contributed by atoms with E-state index < -0.39 is 0 Å². The summed E-state index contributed by atoms with van der Waals surface area (Å²) in [5.41, 5.74) is 4.05. The van der Waals surface area contributed by atoms with Crippen LogP contribution in [0.15, 0.2) is 83.9 Å². The van der Waals surface area contributed by atoms with Gasteiger partial charge in [-0.15, -0.1) is 0 Å². The monoisotopic (exact) mass is 340 g/mol. The second-order valence-corrected chi connectivity index (χ2v) is 5.77. The molecule has 0 unspecified atom stereocenters. The number of hydrogen-bond acceptors (Lipinski definition) is 3. The molecular formula is C21H16N4O. The van der Waals surface area contributed by atoms with E-state index in [9.17, 15) is 4.79 Å². The van der Waals surface area contributed by atoms with E-state index in [2.05, 4.69) is 20.3 Å². The molecule has 0 aliphatic carbocycles. The summed E-state index contributed by atoms with van der Waals surface area (Å²) in [4.78, 5) is 24.2. The molecule has 0 bridgehead atoms. The Bertz CT molecular complexity index is 1030. The molecule has 1 heterocycles. The zero-order valence-electron chi connectivity index (χ0n) is 13.9. The van der Waals surface area contributed by atoms with Crippen molar-refractivity contribution in [1.29, 1.82) is 0 Å². The van der Waals surface area contributed by atoms with Crippen molar-refractivity contribution in [2.45, 2.75) is 0 Å². The van der Waals surface area contributed by atoms with E-state index in [-0.39, 0.29) is 5.91 Å². The maximum absolute atomic E-state index is 12.4. The fraction of sp³-hybridized carbons (Fsp3) is 0. The number of carbonyl (C=O) groups is 1. The molecule has 3 aromatic carbocycles. The van der Waals surface area contributed by atoms with Gasteiger partial charge in [-0.3, -0.25) is 15.1 Å². The topological polar surface area (TPSA) is 70.1 Å². The summed E-state index contributed by atoms with van der Waals surface area (Å²) in [6.45, 7) is 0. The summed E-state index contributed by atoms with van der Waals surface area (Å²) in [5, 5.41) is 2.78. The number of aliphatic imine (C=N–C) groups is 1. The van der Waals surface area contributed by atoms with Crippen LogP contribution in [0.4, 0.5) is 11.6 Å². The number of carbonyl (C=O) groups excluding carboxylic acids is 1. The van der Waals surface area contributed by atoms with Crippen LogP contribution in [0, 0.1) is 0 Å². The molecule has 0 aliphatic rings. The van der Waals surface area contributed by atoms with E-state index >= 15 is 0 Å². The number of rotatable bonds is 4. The van der Waals surface area contributed by atoms with Gasteiger partial charge in [-0.05, 0) is 42.0 Å². The van der Waals surface area contributed by atoms with Gasteiger partial charge in [-0.1, -0.05) is 42.5 Å². The van der Waals surface area contributed by atoms with E-state index in [0.29, 0.717) is 11.5 Å². The van der Waals surface area contributed by atoms with Gasteiger partial charge in [0.25, 0.3) is 5.91 Å². The largest absolute Gasteiger partial charge is 0.324 e. The smallest absolute Gasteiger partial charge is 0.257 e. The summed E-state index contributed by atoms with van der Waals surface area (Å²) < 4.78 is 0. The number of H-pyrrole nitrogens is 1. The second-order valence-electron chi connectivity index (χ2n) is 5.77. The number of anilines is 1. The number of fused-ring (bicyclic) bond motifs is 1. The number of para-hydroxylation sites is 2. The molecule has 0 aliphatic heterocycles. The van der Waals surface area contributed by atoms with Gasteiger partial charge in [0.15, 0.2) is 0 Å². The van der Waals surface area contributed by atoms with Crippen LogP contribution in [0.5, 0.6) is 0 Å². The maximum Gasteiger partial charge on any atom is 0.257 e. The SMILES string of the molecule is O=C(Nc1nc2ccccc2[nH]1)c1ccc(N=Cc2ccccc2)cc1. The van der Waals surface area contributed by atoms with Crippen molar-refractivity contribution >= 4 is 34.8 Å². The molecule has 0 fully saturated rings. The summed E-state index contributed by atoms with van der Waals surface area (Å²) in [7, 11) is 0. The Morgan fingerprint density at radius 3 is 2.42 bits per heavy atom. The summed E-state index contributed by atoms with van der Waals surface area (Å²) in [6, 6.07) is 24.6. The molecule has 1 aromatic heterocycles. The molecule has 0 saturated carbocycles. The third kappa shape index (κ3) is 3.52. The second kappa shape index (κ2) is 7.03. The van der Waals surface area contributed by atoms with Gasteiger partial charge in [-0.2, -0.15) is 0 Å². The van der Waals surface area contributed by atoms with Gasteiger partial charge < -0.3 is 4.98 Å². The van der Waals surface area contributed by atoms with Crippen molar-refractivity contribution in [3.63, 3.8) is 0 Å². The molecule has 5 nitrogen and oxygen atoms in total. The highest BCUT2D eigenvalue weighted by Gasteiger charge is 2.09. The van der Waals surface area contributed by atoms with Gasteiger partial charge in [0.1, 0.15) is 0 Å². The lowest BCUT2D eigenvalue weighted by Gasteiger charge is -2.02. The molecule has 4 aromatic rings. The Kier molecular flexibility index (Phi) is 4.26. The molecule has 0 radical (unpaired) electrons. The number of nitrogens with zero attached hydrogens (tertiary/aromatic N) is 2. The quantitative estimate of drug-likeness (QED) is 0.534. The van der Waals surface area contributed by atoms with Gasteiger partial charge in [0.2, 0.25) is 5.95 Å². The first kappa shape index (κ1) is 15.8. The molecular weight excluding hydrogens is 324 g/mol. The average molecular weight is 340 g/mol. The Balaban J connectivity index is 1.46. The normalized spacial score (nSPS) is 11.1. The molecule has 5 heteroatoms. The van der Waals surface area contributed by atoms with Gasteiger partial charge >= 0.3 is 0 Å². The zero-order chi connectivity index (χ0) is 17.8. The highest BCUT2D eigenvalue weighted by molar-refractivity contribution is 6.04. The zero-order valence-corrected chi connectivity index (χ0v) is 13.9. The van der Waals surface area contributed by atoms with Crippen LogP contribution in [-0.2, 0) is 0 Å². The lowest BCUT2D eigenvalue weighted by atomic mass is 10.2. The highest BCUT2D eigenvalue weighted by atomic mass is 16.1. The minimum atomic E-state index is -0.220. The molecule has 4 rings (SSSR count). The molecule has 0 atom stereocenters. The van der Waals surface area contributed by atoms with Crippen LogP contribution in [-0.4, -0.2) is 22.1 Å². The molecule has 2 N–H and O–H groups in total. The van der Waals surface area contributed by atoms with E-state index in [1.165, 1.54) is 0 Å². The van der Waals surface area contributed by atoms with Crippen molar-refractivity contribution in [2.75, 3.05) is 5.32 Å². The fourth-order valence-corrected chi connectivity index (χ4v) is 2.58. The van der Waals surface area contributed by atoms with Crippen LogP contribution in [0.25, 0.3) is 11.0 Å². The van der Waals surface area contributed by atoms with Crippen molar-refractivity contribution in [3.05, 3.63) is 90.0 Å². The number of amides is 1. The Morgan fingerprint density at radius 2 is 1.65 bits per heavy atom. The average Bonchev–Trinajstić information content (AvgIpc) is 3.10. The summed E-state index contributed by atoms with van der Waals surface area (Å²) in [5.74, 6) is 0.213. The van der Waals surface area contributed by atoms with E-state index in [1.807, 2.05) is 66.7 Å². The number of aromatic nitrogens is 2. The predicted molar refractivity (Wildman–Crippen MR) is 104 cm³/mol. The van der Waals surface area contributed by atoms with E-state index in [0.717, 1.165) is 22.3 Å². The first-order chi connectivity index (χ1) is 12.8. The van der Waals surface area contributed by atoms with Gasteiger partial charge in [0, 0.05) is 11.8 Å². The van der Waals surface area contributed by atoms with Crippen molar-refractivity contribution in [1.82, 2.24) is 9.97 Å². The van der Waals surface area contributed by atoms with Crippen LogP contribution in [0.3, 0.4) is 0 Å². The highest BCUT2D eigenvalue weighted by Crippen LogP contribution is 2.16. The first-order valence-electron chi connectivity index (χ1n) is 8.23. The molecule has 126 valence electrons. The van der Waals surface area contributed by atoms with Gasteiger partial charge in [-0.25, -0.2) is 4.98 Å². The van der Waals surface area contributed by atoms with Crippen LogP contribution < -0.4 is 5.32 Å². The van der Waals surface area contributed by atoms with Crippen LogP contribution in [0.2, 0.25) is 0 Å². The minimum Gasteiger partial charge on any atom is -0.324 e. The molecule has 0 spiro atoms. The Labute approximate surface area is 150 Å². The molecule has 26 heavy (non-hydrogen) atoms. The minimum absolute atomic E-state index is 0.220. The standard InChI is InChI=1S/C21H16N4O/c26-20(25-21-23-18-8-4-5-9-19(18)24-21)16-10-12-17(13-11-16)22-14-15-6-2-1-3-7-15/h1-14H,(H2,23,24,25,26). The third-order valence-electron chi connectivity index (χ3n) is 3.91. The number of aromatic amines is 1. The van der Waals surface area contributed by atoms with Gasteiger partial charge in [0.05, 0.1) is 16.7 Å². The van der Waals surface area contributed by atoms with Crippen LogP contribution in [0.1, 0.15) is 15.9 Å². The Morgan fingerprint density at radius 1 is 0.923 bits per heavy atom. The van der Waals surface area contributed by atoms with E-state index in [1.54, 1.807) is 18.3 Å². The number of hydrogen-bond donors (Lipinski definition) is 2. The number of benzene rings is 3. The lowest BCUT2D eigenvalue weighted by Crippen LogP contribution is -2.12. The van der Waals surface area contributed by atoms with Crippen molar-refractivity contribution < 1.29 is 4.79 Å². The molecule has 1 amide bonds. The third-order valence-corrected chi connectivity index (χ3v) is 3.91. The van der Waals surface area contributed by atoms with Crippen molar-refractivity contribution in [2.24, 2.45) is 4.99 Å². The predicted octanol–water partition coefficient (Wildman–Crippen LogP) is 4.57. The number of nitrogens with one attached hydrogen (secondary N) is 2. The lowest BCUT2D eigenvalue weighted by molar-refractivity contribution is 0.102. The molecule has 0 saturated heterocycles. The first-order valence-corrected chi connectivity index (χ1v) is 8.23. The Hall–Kier alpha value is -3.73.